The van der Waals surface area contributed by atoms with E-state index < -0.39 is 0 Å². The van der Waals surface area contributed by atoms with Crippen molar-refractivity contribution in [3.63, 3.8) is 0 Å². The second-order valence-electron chi connectivity index (χ2n) is 8.49. The van der Waals surface area contributed by atoms with Gasteiger partial charge in [-0.1, -0.05) is 27.7 Å². The van der Waals surface area contributed by atoms with Crippen LogP contribution in [0.5, 0.6) is 0 Å². The van der Waals surface area contributed by atoms with E-state index in [0.717, 1.165) is 18.5 Å². The molecule has 29 heavy (non-hydrogen) atoms. The lowest BCUT2D eigenvalue weighted by atomic mass is 9.77. The number of rotatable bonds is 6. The zero-order valence-electron chi connectivity index (χ0n) is 17.6. The van der Waals surface area contributed by atoms with E-state index in [4.69, 9.17) is 4.74 Å². The molecule has 0 radical (unpaired) electrons. The van der Waals surface area contributed by atoms with Gasteiger partial charge >= 0.3 is 5.97 Å². The summed E-state index contributed by atoms with van der Waals surface area (Å²) in [6.45, 7) is 11.2. The summed E-state index contributed by atoms with van der Waals surface area (Å²) in [4.78, 5) is 24.8. The Kier molecular flexibility index (Phi) is 5.94. The van der Waals surface area contributed by atoms with Crippen LogP contribution in [0, 0.1) is 0 Å². The number of nitrogens with zero attached hydrogens (tertiary/aromatic N) is 1. The minimum absolute atomic E-state index is 0.0237. The SMILES string of the molecule is CCOC(=O)c1ccc(NN(C=O)c2ccc3c(c2)C(C)(C)CC(C)(C)S3)cc1. The van der Waals surface area contributed by atoms with Gasteiger partial charge in [0.2, 0.25) is 6.41 Å². The molecule has 0 bridgehead atoms. The van der Waals surface area contributed by atoms with Crippen molar-refractivity contribution in [3.05, 3.63) is 53.6 Å². The Labute approximate surface area is 176 Å². The Morgan fingerprint density at radius 3 is 2.48 bits per heavy atom. The number of carbonyl (C=O) groups excluding carboxylic acids is 2. The number of hydrazine groups is 1. The average Bonchev–Trinajstić information content (AvgIpc) is 2.65. The molecule has 2 aromatic carbocycles. The highest BCUT2D eigenvalue weighted by Crippen LogP contribution is 2.51. The first-order valence-corrected chi connectivity index (χ1v) is 10.6. The normalized spacial score (nSPS) is 16.4. The minimum atomic E-state index is -0.358. The van der Waals surface area contributed by atoms with Gasteiger partial charge in [0.15, 0.2) is 0 Å². The molecule has 0 spiro atoms. The van der Waals surface area contributed by atoms with Crippen LogP contribution in [0.1, 0.15) is 57.0 Å². The topological polar surface area (TPSA) is 58.6 Å². The highest BCUT2D eigenvalue weighted by Gasteiger charge is 2.38. The van der Waals surface area contributed by atoms with Crippen LogP contribution in [0.3, 0.4) is 0 Å². The van der Waals surface area contributed by atoms with Crippen molar-refractivity contribution in [1.82, 2.24) is 0 Å². The van der Waals surface area contributed by atoms with Crippen LogP contribution in [0.25, 0.3) is 0 Å². The summed E-state index contributed by atoms with van der Waals surface area (Å²) in [7, 11) is 0. The molecule has 6 heteroatoms. The molecule has 5 nitrogen and oxygen atoms in total. The van der Waals surface area contributed by atoms with Crippen molar-refractivity contribution < 1.29 is 14.3 Å². The number of hydrogen-bond donors (Lipinski definition) is 1. The summed E-state index contributed by atoms with van der Waals surface area (Å²) < 4.78 is 5.18. The summed E-state index contributed by atoms with van der Waals surface area (Å²) in [6.07, 6.45) is 1.82. The third-order valence-electron chi connectivity index (χ3n) is 4.98. The van der Waals surface area contributed by atoms with Gasteiger partial charge in [0.05, 0.1) is 23.5 Å². The number of carbonyl (C=O) groups is 2. The molecular formula is C23H28N2O3S. The van der Waals surface area contributed by atoms with Gasteiger partial charge in [-0.05, 0) is 66.8 Å². The van der Waals surface area contributed by atoms with Crippen LogP contribution in [-0.2, 0) is 14.9 Å². The van der Waals surface area contributed by atoms with E-state index in [2.05, 4.69) is 45.3 Å². The van der Waals surface area contributed by atoms with Crippen molar-refractivity contribution in [3.8, 4) is 0 Å². The third kappa shape index (κ3) is 4.75. The molecule has 0 atom stereocenters. The molecule has 0 unspecified atom stereocenters. The molecule has 154 valence electrons. The van der Waals surface area contributed by atoms with Crippen LogP contribution in [0.4, 0.5) is 11.4 Å². The van der Waals surface area contributed by atoms with Gasteiger partial charge in [-0.15, -0.1) is 11.8 Å². The number of amides is 1. The van der Waals surface area contributed by atoms with Crippen LogP contribution in [-0.4, -0.2) is 23.7 Å². The fourth-order valence-electron chi connectivity index (χ4n) is 3.97. The Bertz CT molecular complexity index is 907. The summed E-state index contributed by atoms with van der Waals surface area (Å²) in [5.74, 6) is -0.358. The summed E-state index contributed by atoms with van der Waals surface area (Å²) in [5.41, 5.74) is 6.34. The summed E-state index contributed by atoms with van der Waals surface area (Å²) >= 11 is 1.89. The third-order valence-corrected chi connectivity index (χ3v) is 6.25. The number of benzene rings is 2. The van der Waals surface area contributed by atoms with E-state index in [1.165, 1.54) is 15.5 Å². The van der Waals surface area contributed by atoms with Crippen molar-refractivity contribution in [1.29, 1.82) is 0 Å². The Hall–Kier alpha value is -2.47. The molecule has 1 N–H and O–H groups in total. The predicted molar refractivity (Wildman–Crippen MR) is 119 cm³/mol. The molecule has 0 fully saturated rings. The van der Waals surface area contributed by atoms with Crippen LogP contribution in [0.2, 0.25) is 0 Å². The Morgan fingerprint density at radius 1 is 1.17 bits per heavy atom. The standard InChI is InChI=1S/C23H28N2O3S/c1-6-28-21(27)16-7-9-17(10-8-16)24-25(15-26)18-11-12-20-19(13-18)22(2,3)14-23(4,5)29-20/h7-13,15,24H,6,14H2,1-5H3. The summed E-state index contributed by atoms with van der Waals surface area (Å²) in [6, 6.07) is 13.0. The first-order chi connectivity index (χ1) is 13.6. The van der Waals surface area contributed by atoms with Crippen molar-refractivity contribution in [2.24, 2.45) is 0 Å². The predicted octanol–water partition coefficient (Wildman–Crippen LogP) is 5.41. The molecular weight excluding hydrogens is 384 g/mol. The van der Waals surface area contributed by atoms with Gasteiger partial charge in [0.1, 0.15) is 0 Å². The number of fused-ring (bicyclic) bond motifs is 1. The van der Waals surface area contributed by atoms with Gasteiger partial charge in [-0.25, -0.2) is 9.80 Å². The number of hydrogen-bond acceptors (Lipinski definition) is 5. The molecule has 0 aromatic heterocycles. The molecule has 2 aromatic rings. The molecule has 3 rings (SSSR count). The second kappa shape index (κ2) is 8.11. The van der Waals surface area contributed by atoms with Crippen LogP contribution >= 0.6 is 11.8 Å². The first-order valence-electron chi connectivity index (χ1n) is 9.77. The maximum Gasteiger partial charge on any atom is 0.338 e. The number of anilines is 2. The fourth-order valence-corrected chi connectivity index (χ4v) is 5.57. The molecule has 1 aliphatic rings. The zero-order chi connectivity index (χ0) is 21.2. The Balaban J connectivity index is 1.83. The zero-order valence-corrected chi connectivity index (χ0v) is 18.4. The first kappa shape index (κ1) is 21.2. The smallest absolute Gasteiger partial charge is 0.338 e. The quantitative estimate of drug-likeness (QED) is 0.391. The summed E-state index contributed by atoms with van der Waals surface area (Å²) in [5, 5.41) is 1.46. The van der Waals surface area contributed by atoms with Gasteiger partial charge in [0, 0.05) is 9.64 Å². The largest absolute Gasteiger partial charge is 0.462 e. The minimum Gasteiger partial charge on any atom is -0.462 e. The van der Waals surface area contributed by atoms with Crippen molar-refractivity contribution >= 4 is 35.5 Å². The fraction of sp³-hybridized carbons (Fsp3) is 0.391. The van der Waals surface area contributed by atoms with E-state index >= 15 is 0 Å². The Morgan fingerprint density at radius 2 is 1.86 bits per heavy atom. The maximum absolute atomic E-state index is 11.8. The average molecular weight is 413 g/mol. The van der Waals surface area contributed by atoms with E-state index in [1.807, 2.05) is 17.8 Å². The lowest BCUT2D eigenvalue weighted by Crippen LogP contribution is -2.34. The lowest BCUT2D eigenvalue weighted by molar-refractivity contribution is -0.107. The highest BCUT2D eigenvalue weighted by molar-refractivity contribution is 8.00. The van der Waals surface area contributed by atoms with Gasteiger partial charge in [-0.3, -0.25) is 10.2 Å². The molecule has 0 saturated heterocycles. The van der Waals surface area contributed by atoms with Crippen molar-refractivity contribution in [2.75, 3.05) is 17.0 Å². The second-order valence-corrected chi connectivity index (χ2v) is 10.2. The van der Waals surface area contributed by atoms with Gasteiger partial charge in [-0.2, -0.15) is 0 Å². The van der Waals surface area contributed by atoms with E-state index in [9.17, 15) is 9.59 Å². The van der Waals surface area contributed by atoms with Gasteiger partial charge in [0.25, 0.3) is 0 Å². The number of esters is 1. The number of ether oxygens (including phenoxy) is 1. The highest BCUT2D eigenvalue weighted by atomic mass is 32.2. The van der Waals surface area contributed by atoms with E-state index in [-0.39, 0.29) is 16.1 Å². The maximum atomic E-state index is 11.8. The number of thioether (sulfide) groups is 1. The van der Waals surface area contributed by atoms with Crippen LogP contribution in [0.15, 0.2) is 47.4 Å². The van der Waals surface area contributed by atoms with Gasteiger partial charge < -0.3 is 4.74 Å². The van der Waals surface area contributed by atoms with Crippen LogP contribution < -0.4 is 10.4 Å². The van der Waals surface area contributed by atoms with E-state index in [0.29, 0.717) is 17.9 Å². The van der Waals surface area contributed by atoms with Crippen molar-refractivity contribution in [2.45, 2.75) is 56.1 Å². The molecule has 0 aliphatic carbocycles. The molecule has 1 heterocycles. The molecule has 1 amide bonds. The number of nitrogens with one attached hydrogen (secondary N) is 1. The monoisotopic (exact) mass is 412 g/mol. The molecule has 1 aliphatic heterocycles. The van der Waals surface area contributed by atoms with E-state index in [1.54, 1.807) is 31.2 Å². The lowest BCUT2D eigenvalue weighted by Gasteiger charge is -2.42. The molecule has 0 saturated carbocycles.